The second kappa shape index (κ2) is 9.67. The molecular weight excluding hydrogens is 470 g/mol. The van der Waals surface area contributed by atoms with Crippen LogP contribution in [0.2, 0.25) is 0 Å². The molecule has 2 N–H and O–H groups in total. The molecule has 2 aliphatic rings. The van der Waals surface area contributed by atoms with Gasteiger partial charge in [-0.15, -0.1) is 11.3 Å². The van der Waals surface area contributed by atoms with Crippen molar-refractivity contribution in [2.75, 3.05) is 18.5 Å². The molecule has 10 heteroatoms. The smallest absolute Gasteiger partial charge is 0.410 e. The van der Waals surface area contributed by atoms with Gasteiger partial charge in [-0.25, -0.2) is 9.59 Å². The first-order chi connectivity index (χ1) is 17.0. The number of hydrogen-bond acceptors (Lipinski definition) is 8. The van der Waals surface area contributed by atoms with Gasteiger partial charge in [0, 0.05) is 17.5 Å². The van der Waals surface area contributed by atoms with Crippen LogP contribution in [0.25, 0.3) is 6.08 Å². The molecule has 0 aliphatic carbocycles. The van der Waals surface area contributed by atoms with Crippen molar-refractivity contribution in [2.45, 2.75) is 26.1 Å². The number of esters is 1. The maximum atomic E-state index is 13.0. The Hall–Kier alpha value is -4.05. The Bertz CT molecular complexity index is 1280. The number of fused-ring (bicyclic) bond motifs is 3. The minimum atomic E-state index is -0.524. The van der Waals surface area contributed by atoms with E-state index in [4.69, 9.17) is 13.9 Å². The van der Waals surface area contributed by atoms with Crippen LogP contribution in [0.4, 0.5) is 9.80 Å². The molecule has 180 valence electrons. The van der Waals surface area contributed by atoms with E-state index in [-0.39, 0.29) is 12.0 Å². The number of hydrogen-bond donors (Lipinski definition) is 2. The molecule has 2 aliphatic heterocycles. The molecule has 0 unspecified atom stereocenters. The summed E-state index contributed by atoms with van der Waals surface area (Å²) in [6.07, 6.45) is 4.18. The summed E-state index contributed by atoms with van der Waals surface area (Å²) < 4.78 is 15.6. The van der Waals surface area contributed by atoms with Crippen LogP contribution in [0, 0.1) is 0 Å². The molecule has 1 atom stereocenters. The molecule has 0 fully saturated rings. The molecule has 4 heterocycles. The Kier molecular flexibility index (Phi) is 6.28. The van der Waals surface area contributed by atoms with E-state index < -0.39 is 12.1 Å². The lowest BCUT2D eigenvalue weighted by atomic mass is 10.0. The lowest BCUT2D eigenvalue weighted by Gasteiger charge is -2.28. The Balaban J connectivity index is 1.25. The average Bonchev–Trinajstić information content (AvgIpc) is 3.50. The minimum Gasteiger partial charge on any atom is -0.465 e. The van der Waals surface area contributed by atoms with Gasteiger partial charge in [-0.05, 0) is 54.8 Å². The van der Waals surface area contributed by atoms with Gasteiger partial charge in [0.05, 0.1) is 25.0 Å². The molecule has 2 amide bonds. The van der Waals surface area contributed by atoms with Crippen molar-refractivity contribution in [3.8, 4) is 5.75 Å². The average molecular weight is 494 g/mol. The molecule has 0 spiro atoms. The van der Waals surface area contributed by atoms with Crippen molar-refractivity contribution in [1.82, 2.24) is 10.2 Å². The zero-order valence-electron chi connectivity index (χ0n) is 18.9. The molecule has 35 heavy (non-hydrogen) atoms. The van der Waals surface area contributed by atoms with Gasteiger partial charge in [0.25, 0.3) is 5.91 Å². The zero-order chi connectivity index (χ0) is 24.4. The lowest BCUT2D eigenvalue weighted by molar-refractivity contribution is -0.128. The Morgan fingerprint density at radius 1 is 1.23 bits per heavy atom. The van der Waals surface area contributed by atoms with Crippen molar-refractivity contribution >= 4 is 40.4 Å². The van der Waals surface area contributed by atoms with Crippen LogP contribution in [0.3, 0.4) is 0 Å². The van der Waals surface area contributed by atoms with Crippen molar-refractivity contribution < 1.29 is 28.3 Å². The highest BCUT2D eigenvalue weighted by molar-refractivity contribution is 7.16. The van der Waals surface area contributed by atoms with Gasteiger partial charge in [0.1, 0.15) is 22.7 Å². The summed E-state index contributed by atoms with van der Waals surface area (Å²) in [5.41, 5.74) is 2.45. The summed E-state index contributed by atoms with van der Waals surface area (Å²) in [7, 11) is 0. The summed E-state index contributed by atoms with van der Waals surface area (Å²) in [6.45, 7) is 3.05. The van der Waals surface area contributed by atoms with Crippen LogP contribution in [0.5, 0.6) is 5.75 Å². The number of rotatable bonds is 5. The van der Waals surface area contributed by atoms with E-state index in [9.17, 15) is 14.4 Å². The number of carbonyl (C=O) groups excluding carboxylic acids is 3. The first kappa shape index (κ1) is 22.7. The molecule has 5 rings (SSSR count). The van der Waals surface area contributed by atoms with Crippen LogP contribution in [-0.2, 0) is 22.5 Å². The van der Waals surface area contributed by atoms with Crippen LogP contribution < -0.4 is 15.4 Å². The predicted octanol–water partition coefficient (Wildman–Crippen LogP) is 4.33. The maximum absolute atomic E-state index is 13.0. The fourth-order valence-electron chi connectivity index (χ4n) is 4.07. The fraction of sp³-hybridized carbons (Fsp3) is 0.240. The monoisotopic (exact) mass is 493 g/mol. The van der Waals surface area contributed by atoms with Gasteiger partial charge in [-0.2, -0.15) is 0 Å². The van der Waals surface area contributed by atoms with Gasteiger partial charge in [0.15, 0.2) is 0 Å². The Morgan fingerprint density at radius 3 is 2.80 bits per heavy atom. The SMILES string of the molecule is CCOC(=O)N1CCc2c(sc3c2C(=O)N[C@@H](c2ccc(OC(=O)/C=C/c4ccco4)cc2)N3)C1. The van der Waals surface area contributed by atoms with Crippen LogP contribution >= 0.6 is 11.3 Å². The van der Waals surface area contributed by atoms with Crippen molar-refractivity contribution in [2.24, 2.45) is 0 Å². The van der Waals surface area contributed by atoms with Gasteiger partial charge < -0.3 is 29.4 Å². The number of thiophene rings is 1. The summed E-state index contributed by atoms with van der Waals surface area (Å²) >= 11 is 1.49. The van der Waals surface area contributed by atoms with E-state index in [1.165, 1.54) is 29.8 Å². The lowest BCUT2D eigenvalue weighted by Crippen LogP contribution is -2.39. The number of amides is 2. The molecule has 0 saturated carbocycles. The summed E-state index contributed by atoms with van der Waals surface area (Å²) in [4.78, 5) is 39.7. The van der Waals surface area contributed by atoms with Crippen LogP contribution in [0.15, 0.2) is 53.2 Å². The van der Waals surface area contributed by atoms with E-state index >= 15 is 0 Å². The van der Waals surface area contributed by atoms with Gasteiger partial charge in [-0.1, -0.05) is 12.1 Å². The normalized spacial score (nSPS) is 16.8. The van der Waals surface area contributed by atoms with Crippen LogP contribution in [-0.4, -0.2) is 36.0 Å². The number of nitrogens with zero attached hydrogens (tertiary/aromatic N) is 1. The second-order valence-corrected chi connectivity index (χ2v) is 9.07. The number of anilines is 1. The first-order valence-electron chi connectivity index (χ1n) is 11.2. The van der Waals surface area contributed by atoms with Crippen molar-refractivity contribution in [3.05, 3.63) is 76.1 Å². The molecule has 1 aromatic carbocycles. The molecule has 3 aromatic rings. The van der Waals surface area contributed by atoms with Crippen molar-refractivity contribution in [3.63, 3.8) is 0 Å². The largest absolute Gasteiger partial charge is 0.465 e. The molecular formula is C25H23N3O6S. The van der Waals surface area contributed by atoms with Gasteiger partial charge in [-0.3, -0.25) is 4.79 Å². The molecule has 0 saturated heterocycles. The molecule has 0 bridgehead atoms. The predicted molar refractivity (Wildman–Crippen MR) is 129 cm³/mol. The highest BCUT2D eigenvalue weighted by Crippen LogP contribution is 2.41. The number of furan rings is 1. The van der Waals surface area contributed by atoms with Gasteiger partial charge >= 0.3 is 12.1 Å². The van der Waals surface area contributed by atoms with E-state index in [1.54, 1.807) is 48.2 Å². The highest BCUT2D eigenvalue weighted by atomic mass is 32.1. The third kappa shape index (κ3) is 4.78. The topological polar surface area (TPSA) is 110 Å². The minimum absolute atomic E-state index is 0.149. The standard InChI is InChI=1S/C25H23N3O6S/c1-2-32-25(31)28-12-11-18-19(14-28)35-24-21(18)23(30)26-22(27-24)15-5-7-17(8-6-15)34-20(29)10-9-16-4-3-13-33-16/h3-10,13,22,27H,2,11-12,14H2,1H3,(H,26,30)/b10-9+/t22-/m1/s1. The third-order valence-corrected chi connectivity index (χ3v) is 6.87. The van der Waals surface area contributed by atoms with E-state index in [0.29, 0.717) is 43.2 Å². The zero-order valence-corrected chi connectivity index (χ0v) is 19.7. The highest BCUT2D eigenvalue weighted by Gasteiger charge is 2.34. The second-order valence-electron chi connectivity index (χ2n) is 7.97. The quantitative estimate of drug-likeness (QED) is 0.309. The van der Waals surface area contributed by atoms with Crippen LogP contribution in [0.1, 0.15) is 45.2 Å². The first-order valence-corrected chi connectivity index (χ1v) is 12.0. The fourth-order valence-corrected chi connectivity index (χ4v) is 5.36. The molecule has 0 radical (unpaired) electrons. The summed E-state index contributed by atoms with van der Waals surface area (Å²) in [5.74, 6) is 0.268. The third-order valence-electron chi connectivity index (χ3n) is 5.72. The maximum Gasteiger partial charge on any atom is 0.410 e. The van der Waals surface area contributed by atoms with Crippen molar-refractivity contribution in [1.29, 1.82) is 0 Å². The molecule has 2 aromatic heterocycles. The number of nitrogens with one attached hydrogen (secondary N) is 2. The summed E-state index contributed by atoms with van der Waals surface area (Å²) in [6, 6.07) is 10.4. The Morgan fingerprint density at radius 2 is 2.06 bits per heavy atom. The number of benzene rings is 1. The number of ether oxygens (including phenoxy) is 2. The van der Waals surface area contributed by atoms with E-state index in [0.717, 1.165) is 21.0 Å². The molecule has 9 nitrogen and oxygen atoms in total. The number of carbonyl (C=O) groups is 3. The van der Waals surface area contributed by atoms with Gasteiger partial charge in [0.2, 0.25) is 0 Å². The van der Waals surface area contributed by atoms with E-state index in [1.807, 2.05) is 0 Å². The summed E-state index contributed by atoms with van der Waals surface area (Å²) in [5, 5.41) is 7.17. The van der Waals surface area contributed by atoms with E-state index in [2.05, 4.69) is 10.6 Å². The Labute approximate surface area is 205 Å².